The van der Waals surface area contributed by atoms with E-state index in [2.05, 4.69) is 15.3 Å². The predicted molar refractivity (Wildman–Crippen MR) is 70.4 cm³/mol. The van der Waals surface area contributed by atoms with Gasteiger partial charge in [-0.1, -0.05) is 0 Å². The zero-order valence-corrected chi connectivity index (χ0v) is 11.3. The summed E-state index contributed by atoms with van der Waals surface area (Å²) in [5.74, 6) is 0.424. The summed E-state index contributed by atoms with van der Waals surface area (Å²) in [6.07, 6.45) is 4.30. The average molecular weight is 265 g/mol. The van der Waals surface area contributed by atoms with Crippen LogP contribution in [0.2, 0.25) is 0 Å². The highest BCUT2D eigenvalue weighted by atomic mass is 16.5. The standard InChI is InChI=1S/C13H19N3O3/c1-3-19-12-9(2)11(14-8-15-12)16-13(5-4-6-13)7-10(17)18/h8H,3-7H2,1-2H3,(H,17,18)(H,14,15,16). The molecule has 0 radical (unpaired) electrons. The Kier molecular flexibility index (Phi) is 3.87. The Morgan fingerprint density at radius 3 is 2.79 bits per heavy atom. The Morgan fingerprint density at radius 1 is 1.53 bits per heavy atom. The fourth-order valence-corrected chi connectivity index (χ4v) is 2.33. The van der Waals surface area contributed by atoms with E-state index in [4.69, 9.17) is 9.84 Å². The number of anilines is 1. The number of aromatic nitrogens is 2. The largest absolute Gasteiger partial charge is 0.481 e. The third kappa shape index (κ3) is 2.94. The number of aliphatic carboxylic acids is 1. The molecule has 19 heavy (non-hydrogen) atoms. The van der Waals surface area contributed by atoms with Crippen LogP contribution < -0.4 is 10.1 Å². The Bertz CT molecular complexity index is 472. The van der Waals surface area contributed by atoms with E-state index in [-0.39, 0.29) is 12.0 Å². The summed E-state index contributed by atoms with van der Waals surface area (Å²) < 4.78 is 5.42. The van der Waals surface area contributed by atoms with Gasteiger partial charge in [0.15, 0.2) is 0 Å². The van der Waals surface area contributed by atoms with Crippen LogP contribution in [0.15, 0.2) is 6.33 Å². The molecule has 0 atom stereocenters. The van der Waals surface area contributed by atoms with Gasteiger partial charge in [0, 0.05) is 5.54 Å². The van der Waals surface area contributed by atoms with Crippen LogP contribution in [0.4, 0.5) is 5.82 Å². The number of rotatable bonds is 6. The van der Waals surface area contributed by atoms with Gasteiger partial charge in [0.1, 0.15) is 12.1 Å². The van der Waals surface area contributed by atoms with Gasteiger partial charge < -0.3 is 15.2 Å². The molecular weight excluding hydrogens is 246 g/mol. The van der Waals surface area contributed by atoms with Crippen LogP contribution in [0.25, 0.3) is 0 Å². The molecule has 0 amide bonds. The lowest BCUT2D eigenvalue weighted by Crippen LogP contribution is -2.47. The molecule has 2 rings (SSSR count). The highest BCUT2D eigenvalue weighted by molar-refractivity contribution is 5.70. The van der Waals surface area contributed by atoms with E-state index in [1.54, 1.807) is 0 Å². The maximum Gasteiger partial charge on any atom is 0.305 e. The number of carboxylic acids is 1. The zero-order valence-electron chi connectivity index (χ0n) is 11.3. The number of nitrogens with one attached hydrogen (secondary N) is 1. The first kappa shape index (κ1) is 13.6. The number of carboxylic acid groups (broad SMARTS) is 1. The molecule has 1 heterocycles. The summed E-state index contributed by atoms with van der Waals surface area (Å²) in [5, 5.41) is 12.3. The lowest BCUT2D eigenvalue weighted by atomic mass is 9.74. The van der Waals surface area contributed by atoms with Crippen molar-refractivity contribution in [2.24, 2.45) is 0 Å². The Labute approximate surface area is 112 Å². The Hall–Kier alpha value is -1.85. The van der Waals surface area contributed by atoms with Crippen LogP contribution in [0.3, 0.4) is 0 Å². The number of ether oxygens (including phenoxy) is 1. The normalized spacial score (nSPS) is 16.5. The lowest BCUT2D eigenvalue weighted by Gasteiger charge is -2.42. The summed E-state index contributed by atoms with van der Waals surface area (Å²) in [4.78, 5) is 19.2. The van der Waals surface area contributed by atoms with Crippen molar-refractivity contribution in [2.75, 3.05) is 11.9 Å². The first-order valence-electron chi connectivity index (χ1n) is 6.51. The van der Waals surface area contributed by atoms with E-state index in [1.165, 1.54) is 6.33 Å². The summed E-state index contributed by atoms with van der Waals surface area (Å²) >= 11 is 0. The van der Waals surface area contributed by atoms with Gasteiger partial charge in [-0.2, -0.15) is 0 Å². The first-order valence-corrected chi connectivity index (χ1v) is 6.51. The van der Waals surface area contributed by atoms with Crippen molar-refractivity contribution in [3.05, 3.63) is 11.9 Å². The van der Waals surface area contributed by atoms with Crippen LogP contribution in [-0.2, 0) is 4.79 Å². The van der Waals surface area contributed by atoms with E-state index < -0.39 is 5.97 Å². The van der Waals surface area contributed by atoms with Crippen LogP contribution in [-0.4, -0.2) is 33.2 Å². The van der Waals surface area contributed by atoms with Gasteiger partial charge >= 0.3 is 5.97 Å². The summed E-state index contributed by atoms with van der Waals surface area (Å²) in [5.41, 5.74) is 0.454. The minimum Gasteiger partial charge on any atom is -0.481 e. The fourth-order valence-electron chi connectivity index (χ4n) is 2.33. The summed E-state index contributed by atoms with van der Waals surface area (Å²) in [7, 11) is 0. The molecule has 0 saturated heterocycles. The third-order valence-corrected chi connectivity index (χ3v) is 3.50. The number of carbonyl (C=O) groups is 1. The number of nitrogens with zero attached hydrogens (tertiary/aromatic N) is 2. The van der Waals surface area contributed by atoms with Crippen LogP contribution >= 0.6 is 0 Å². The number of hydrogen-bond acceptors (Lipinski definition) is 5. The van der Waals surface area contributed by atoms with Crippen molar-refractivity contribution in [3.8, 4) is 5.88 Å². The second-order valence-corrected chi connectivity index (χ2v) is 4.91. The van der Waals surface area contributed by atoms with E-state index in [0.29, 0.717) is 18.3 Å². The first-order chi connectivity index (χ1) is 9.06. The van der Waals surface area contributed by atoms with E-state index >= 15 is 0 Å². The van der Waals surface area contributed by atoms with Crippen molar-refractivity contribution < 1.29 is 14.6 Å². The van der Waals surface area contributed by atoms with E-state index in [0.717, 1.165) is 24.8 Å². The van der Waals surface area contributed by atoms with E-state index in [1.807, 2.05) is 13.8 Å². The maximum atomic E-state index is 11.0. The van der Waals surface area contributed by atoms with Crippen LogP contribution in [0, 0.1) is 6.92 Å². The predicted octanol–water partition coefficient (Wildman–Crippen LogP) is 1.99. The molecule has 6 nitrogen and oxygen atoms in total. The Balaban J connectivity index is 2.18. The number of hydrogen-bond donors (Lipinski definition) is 2. The second-order valence-electron chi connectivity index (χ2n) is 4.91. The molecule has 0 spiro atoms. The SMILES string of the molecule is CCOc1ncnc(NC2(CC(=O)O)CCC2)c1C. The van der Waals surface area contributed by atoms with Gasteiger partial charge in [0.2, 0.25) is 5.88 Å². The smallest absolute Gasteiger partial charge is 0.305 e. The van der Waals surface area contributed by atoms with Gasteiger partial charge in [-0.05, 0) is 33.1 Å². The van der Waals surface area contributed by atoms with Crippen LogP contribution in [0.5, 0.6) is 5.88 Å². The quantitative estimate of drug-likeness (QED) is 0.818. The van der Waals surface area contributed by atoms with Gasteiger partial charge in [-0.15, -0.1) is 0 Å². The maximum absolute atomic E-state index is 11.0. The molecule has 0 aliphatic heterocycles. The molecule has 104 valence electrons. The molecule has 2 N–H and O–H groups in total. The monoisotopic (exact) mass is 265 g/mol. The van der Waals surface area contributed by atoms with Crippen molar-refractivity contribution in [2.45, 2.75) is 45.1 Å². The average Bonchev–Trinajstić information content (AvgIpc) is 2.31. The third-order valence-electron chi connectivity index (χ3n) is 3.50. The lowest BCUT2D eigenvalue weighted by molar-refractivity contribution is -0.138. The molecule has 0 bridgehead atoms. The summed E-state index contributed by atoms with van der Waals surface area (Å²) in [6.45, 7) is 4.31. The molecule has 0 unspecified atom stereocenters. The van der Waals surface area contributed by atoms with Crippen molar-refractivity contribution in [3.63, 3.8) is 0 Å². The molecule has 1 aliphatic rings. The molecule has 1 saturated carbocycles. The molecule has 1 aromatic heterocycles. The molecule has 6 heteroatoms. The minimum atomic E-state index is -0.788. The Morgan fingerprint density at radius 2 is 2.26 bits per heavy atom. The van der Waals surface area contributed by atoms with Crippen molar-refractivity contribution in [1.82, 2.24) is 9.97 Å². The summed E-state index contributed by atoms with van der Waals surface area (Å²) in [6, 6.07) is 0. The molecule has 0 aromatic carbocycles. The molecule has 1 aromatic rings. The van der Waals surface area contributed by atoms with Gasteiger partial charge in [-0.25, -0.2) is 9.97 Å². The highest BCUT2D eigenvalue weighted by Gasteiger charge is 2.39. The van der Waals surface area contributed by atoms with Gasteiger partial charge in [0.25, 0.3) is 0 Å². The molecular formula is C13H19N3O3. The van der Waals surface area contributed by atoms with Gasteiger partial charge in [0.05, 0.1) is 18.6 Å². The second kappa shape index (κ2) is 5.42. The van der Waals surface area contributed by atoms with Crippen molar-refractivity contribution in [1.29, 1.82) is 0 Å². The zero-order chi connectivity index (χ0) is 13.9. The van der Waals surface area contributed by atoms with Gasteiger partial charge in [-0.3, -0.25) is 4.79 Å². The van der Waals surface area contributed by atoms with Crippen molar-refractivity contribution >= 4 is 11.8 Å². The van der Waals surface area contributed by atoms with Crippen LogP contribution in [0.1, 0.15) is 38.2 Å². The molecule has 1 fully saturated rings. The highest BCUT2D eigenvalue weighted by Crippen LogP contribution is 2.39. The molecule has 1 aliphatic carbocycles. The minimum absolute atomic E-state index is 0.112. The fraction of sp³-hybridized carbons (Fsp3) is 0.615. The topological polar surface area (TPSA) is 84.3 Å². The van der Waals surface area contributed by atoms with E-state index in [9.17, 15) is 4.79 Å².